The van der Waals surface area contributed by atoms with Crippen molar-refractivity contribution in [2.24, 2.45) is 0 Å². The summed E-state index contributed by atoms with van der Waals surface area (Å²) >= 11 is 0. The topological polar surface area (TPSA) is 105 Å². The molecular formula is C19H17N3O4. The molecule has 3 aromatic rings. The Bertz CT molecular complexity index is 966. The number of carbonyl (C=O) groups excluding carboxylic acids is 1. The number of rotatable bonds is 6. The average molecular weight is 351 g/mol. The molecule has 0 aliphatic carbocycles. The number of carbonyl (C=O) groups is 1. The van der Waals surface area contributed by atoms with Gasteiger partial charge in [-0.3, -0.25) is 14.6 Å². The van der Waals surface area contributed by atoms with Crippen molar-refractivity contribution in [2.75, 3.05) is 7.11 Å². The molecule has 26 heavy (non-hydrogen) atoms. The minimum absolute atomic E-state index is 0.109. The van der Waals surface area contributed by atoms with Crippen LogP contribution in [0.15, 0.2) is 53.5 Å². The zero-order valence-corrected chi connectivity index (χ0v) is 14.1. The number of H-pyrrole nitrogens is 1. The van der Waals surface area contributed by atoms with Gasteiger partial charge in [0.1, 0.15) is 11.4 Å². The number of ketones is 1. The Morgan fingerprint density at radius 1 is 1.19 bits per heavy atom. The zero-order chi connectivity index (χ0) is 18.5. The minimum Gasteiger partial charge on any atom is -0.501 e. The fraction of sp³-hybridized carbons (Fsp3) is 0.158. The van der Waals surface area contributed by atoms with Gasteiger partial charge in [-0.15, -0.1) is 0 Å². The van der Waals surface area contributed by atoms with Crippen LogP contribution < -0.4 is 10.3 Å². The second-order valence-electron chi connectivity index (χ2n) is 5.60. The summed E-state index contributed by atoms with van der Waals surface area (Å²) in [6.07, 6.45) is 2.11. The van der Waals surface area contributed by atoms with Crippen LogP contribution in [0.1, 0.15) is 22.5 Å². The molecule has 0 saturated carbocycles. The van der Waals surface area contributed by atoms with Crippen molar-refractivity contribution in [3.8, 4) is 23.0 Å². The molecule has 2 heterocycles. The number of aromatic amines is 1. The van der Waals surface area contributed by atoms with E-state index in [4.69, 9.17) is 4.74 Å². The molecule has 7 nitrogen and oxygen atoms in total. The van der Waals surface area contributed by atoms with Crippen molar-refractivity contribution in [3.63, 3.8) is 0 Å². The molecule has 0 amide bonds. The van der Waals surface area contributed by atoms with E-state index in [1.165, 1.54) is 0 Å². The van der Waals surface area contributed by atoms with Gasteiger partial charge < -0.3 is 14.8 Å². The molecule has 0 unspecified atom stereocenters. The Balaban J connectivity index is 1.82. The van der Waals surface area contributed by atoms with Crippen LogP contribution in [0.25, 0.3) is 11.5 Å². The lowest BCUT2D eigenvalue weighted by molar-refractivity contribution is 0.0974. The number of aromatic nitrogens is 3. The predicted molar refractivity (Wildman–Crippen MR) is 95.4 cm³/mol. The van der Waals surface area contributed by atoms with Gasteiger partial charge in [0.15, 0.2) is 17.3 Å². The van der Waals surface area contributed by atoms with Gasteiger partial charge in [0.2, 0.25) is 5.75 Å². The van der Waals surface area contributed by atoms with Crippen LogP contribution in [0.2, 0.25) is 0 Å². The number of pyridine rings is 1. The molecule has 0 radical (unpaired) electrons. The minimum atomic E-state index is -0.770. The Morgan fingerprint density at radius 3 is 2.62 bits per heavy atom. The van der Waals surface area contributed by atoms with Gasteiger partial charge in [0.05, 0.1) is 7.11 Å². The summed E-state index contributed by atoms with van der Waals surface area (Å²) in [4.78, 5) is 35.0. The Morgan fingerprint density at radius 2 is 1.96 bits per heavy atom. The third-order valence-corrected chi connectivity index (χ3v) is 3.87. The first-order valence-corrected chi connectivity index (χ1v) is 7.99. The van der Waals surface area contributed by atoms with E-state index in [2.05, 4.69) is 15.0 Å². The first kappa shape index (κ1) is 17.3. The number of aromatic hydroxyl groups is 1. The maximum Gasteiger partial charge on any atom is 0.294 e. The van der Waals surface area contributed by atoms with E-state index in [9.17, 15) is 14.7 Å². The van der Waals surface area contributed by atoms with Crippen LogP contribution in [-0.2, 0) is 6.42 Å². The van der Waals surface area contributed by atoms with Crippen molar-refractivity contribution in [1.82, 2.24) is 15.0 Å². The van der Waals surface area contributed by atoms with Gasteiger partial charge in [-0.2, -0.15) is 0 Å². The lowest BCUT2D eigenvalue weighted by atomic mass is 10.1. The van der Waals surface area contributed by atoms with Crippen LogP contribution in [-0.4, -0.2) is 33.0 Å². The Kier molecular flexibility index (Phi) is 5.07. The molecule has 0 spiro atoms. The van der Waals surface area contributed by atoms with E-state index >= 15 is 0 Å². The number of hydrogen-bond acceptors (Lipinski definition) is 6. The number of nitrogens with zero attached hydrogens (tertiary/aromatic N) is 2. The fourth-order valence-corrected chi connectivity index (χ4v) is 2.45. The highest BCUT2D eigenvalue weighted by molar-refractivity contribution is 5.97. The molecular weight excluding hydrogens is 334 g/mol. The van der Waals surface area contributed by atoms with E-state index in [1.807, 2.05) is 24.3 Å². The highest BCUT2D eigenvalue weighted by Crippen LogP contribution is 2.18. The molecule has 0 aliphatic rings. The average Bonchev–Trinajstić information content (AvgIpc) is 2.69. The summed E-state index contributed by atoms with van der Waals surface area (Å²) < 4.78 is 5.09. The van der Waals surface area contributed by atoms with Crippen molar-refractivity contribution in [1.29, 1.82) is 0 Å². The monoisotopic (exact) mass is 351 g/mol. The van der Waals surface area contributed by atoms with E-state index in [-0.39, 0.29) is 17.9 Å². The quantitative estimate of drug-likeness (QED) is 0.661. The molecule has 3 rings (SSSR count). The number of nitrogens with one attached hydrogen (secondary N) is 1. The maximum absolute atomic E-state index is 12.5. The van der Waals surface area contributed by atoms with Gasteiger partial charge >= 0.3 is 0 Å². The fourth-order valence-electron chi connectivity index (χ4n) is 2.45. The number of aryl methyl sites for hydroxylation is 1. The summed E-state index contributed by atoms with van der Waals surface area (Å²) in [7, 11) is 1.58. The largest absolute Gasteiger partial charge is 0.501 e. The van der Waals surface area contributed by atoms with Gasteiger partial charge in [-0.05, 0) is 36.2 Å². The van der Waals surface area contributed by atoms with Crippen LogP contribution in [0, 0.1) is 0 Å². The normalized spacial score (nSPS) is 10.5. The highest BCUT2D eigenvalue weighted by atomic mass is 16.5. The number of methoxy groups -OCH3 is 1. The smallest absolute Gasteiger partial charge is 0.294 e. The van der Waals surface area contributed by atoms with Gasteiger partial charge in [-0.1, -0.05) is 18.2 Å². The Labute approximate surface area is 149 Å². The number of benzene rings is 1. The molecule has 2 aromatic heterocycles. The van der Waals surface area contributed by atoms with Crippen LogP contribution in [0.3, 0.4) is 0 Å². The van der Waals surface area contributed by atoms with Crippen molar-refractivity contribution in [3.05, 3.63) is 70.3 Å². The van der Waals surface area contributed by atoms with Gasteiger partial charge in [-0.25, -0.2) is 4.98 Å². The summed E-state index contributed by atoms with van der Waals surface area (Å²) in [5.74, 6) is -0.221. The van der Waals surface area contributed by atoms with E-state index in [1.54, 1.807) is 31.5 Å². The summed E-state index contributed by atoms with van der Waals surface area (Å²) in [6, 6.07) is 12.4. The van der Waals surface area contributed by atoms with Crippen LogP contribution in [0.4, 0.5) is 0 Å². The highest BCUT2D eigenvalue weighted by Gasteiger charge is 2.18. The van der Waals surface area contributed by atoms with Crippen molar-refractivity contribution >= 4 is 5.78 Å². The lowest BCUT2D eigenvalue weighted by Crippen LogP contribution is -2.16. The summed E-state index contributed by atoms with van der Waals surface area (Å²) in [5.41, 5.74) is 0.332. The Hall–Kier alpha value is -3.48. The van der Waals surface area contributed by atoms with Gasteiger partial charge in [0, 0.05) is 12.6 Å². The molecule has 0 saturated heterocycles. The molecule has 132 valence electrons. The number of hydrogen-bond donors (Lipinski definition) is 2. The van der Waals surface area contributed by atoms with E-state index < -0.39 is 17.1 Å². The maximum atomic E-state index is 12.5. The molecule has 2 N–H and O–H groups in total. The second-order valence-corrected chi connectivity index (χ2v) is 5.60. The van der Waals surface area contributed by atoms with Crippen molar-refractivity contribution in [2.45, 2.75) is 12.8 Å². The molecule has 0 bridgehead atoms. The predicted octanol–water partition coefficient (Wildman–Crippen LogP) is 2.36. The molecule has 1 aromatic carbocycles. The molecule has 0 aliphatic heterocycles. The number of Topliss-reactive ketones (excluding diaryl/α,β-unsaturated/α-hetero) is 1. The lowest BCUT2D eigenvalue weighted by Gasteiger charge is -2.06. The standard InChI is InChI=1S/C19H17N3O4/c1-26-13-8-5-12(6-9-13)7-10-15(23)16-17(24)19(25)22-18(21-16)14-4-2-3-11-20-14/h2-6,8-9,11,24H,7,10H2,1H3,(H,21,22,25). The first-order chi connectivity index (χ1) is 12.6. The third kappa shape index (κ3) is 3.77. The van der Waals surface area contributed by atoms with Gasteiger partial charge in [0.25, 0.3) is 5.56 Å². The first-order valence-electron chi connectivity index (χ1n) is 7.99. The summed E-state index contributed by atoms with van der Waals surface area (Å²) in [6.45, 7) is 0. The molecule has 7 heteroatoms. The second kappa shape index (κ2) is 7.60. The van der Waals surface area contributed by atoms with Crippen LogP contribution in [0.5, 0.6) is 11.5 Å². The third-order valence-electron chi connectivity index (χ3n) is 3.87. The SMILES string of the molecule is COc1ccc(CCC(=O)c2nc(-c3ccccn3)[nH]c(=O)c2O)cc1. The summed E-state index contributed by atoms with van der Waals surface area (Å²) in [5, 5.41) is 9.94. The number of ether oxygens (including phenoxy) is 1. The van der Waals surface area contributed by atoms with E-state index in [0.29, 0.717) is 12.1 Å². The molecule has 0 atom stereocenters. The van der Waals surface area contributed by atoms with E-state index in [0.717, 1.165) is 11.3 Å². The zero-order valence-electron chi connectivity index (χ0n) is 14.1. The van der Waals surface area contributed by atoms with Crippen LogP contribution >= 0.6 is 0 Å². The van der Waals surface area contributed by atoms with Crippen molar-refractivity contribution < 1.29 is 14.6 Å². The molecule has 0 fully saturated rings.